The van der Waals surface area contributed by atoms with Crippen molar-refractivity contribution in [2.45, 2.75) is 24.2 Å². The molecule has 2 aromatic heterocycles. The molecule has 0 saturated carbocycles. The highest BCUT2D eigenvalue weighted by Crippen LogP contribution is 2.24. The lowest BCUT2D eigenvalue weighted by Gasteiger charge is -2.09. The van der Waals surface area contributed by atoms with Gasteiger partial charge in [0, 0.05) is 24.6 Å². The minimum atomic E-state index is -0.596. The van der Waals surface area contributed by atoms with Crippen molar-refractivity contribution in [3.8, 4) is 0 Å². The van der Waals surface area contributed by atoms with E-state index < -0.39 is 5.97 Å². The molecule has 1 amide bonds. The zero-order valence-electron chi connectivity index (χ0n) is 15.3. The topological polar surface area (TPSA) is 94.3 Å². The van der Waals surface area contributed by atoms with Crippen LogP contribution in [0.4, 0.5) is 0 Å². The number of carbonyl (C=O) groups is 2. The number of carbonyl (C=O) groups excluding carboxylic acids is 2. The number of ether oxygens (including phenoxy) is 1. The molecule has 144 valence electrons. The normalized spacial score (nSPS) is 10.5. The van der Waals surface area contributed by atoms with Gasteiger partial charge < -0.3 is 14.6 Å². The molecule has 3 rings (SSSR count). The number of hydrogen-bond acceptors (Lipinski definition) is 7. The number of hydrogen-bond donors (Lipinski definition) is 1. The first-order valence-electron chi connectivity index (χ1n) is 8.59. The standard InChI is InChI=1S/C20H19N3O4S/c1-14-10-16(23-27-14)13-28-19-17(8-5-9-21-19)20(25)26-12-18(24)22-11-15-6-3-2-4-7-15/h2-10H,11-13H2,1H3,(H,22,24). The van der Waals surface area contributed by atoms with Crippen LogP contribution in [0.5, 0.6) is 0 Å². The van der Waals surface area contributed by atoms with Crippen LogP contribution in [0.1, 0.15) is 27.4 Å². The second-order valence-electron chi connectivity index (χ2n) is 5.91. The van der Waals surface area contributed by atoms with Gasteiger partial charge in [-0.15, -0.1) is 0 Å². The Balaban J connectivity index is 1.51. The van der Waals surface area contributed by atoms with Gasteiger partial charge in [-0.1, -0.05) is 47.3 Å². The molecule has 1 aromatic carbocycles. The molecule has 7 nitrogen and oxygen atoms in total. The quantitative estimate of drug-likeness (QED) is 0.461. The number of pyridine rings is 1. The molecule has 0 fully saturated rings. The van der Waals surface area contributed by atoms with Crippen LogP contribution in [0, 0.1) is 6.92 Å². The van der Waals surface area contributed by atoms with Gasteiger partial charge in [0.15, 0.2) is 6.61 Å². The van der Waals surface area contributed by atoms with Gasteiger partial charge >= 0.3 is 5.97 Å². The maximum Gasteiger partial charge on any atom is 0.341 e. The Hall–Kier alpha value is -3.13. The number of aryl methyl sites for hydroxylation is 1. The van der Waals surface area contributed by atoms with Crippen LogP contribution in [-0.4, -0.2) is 28.6 Å². The zero-order chi connectivity index (χ0) is 19.8. The average molecular weight is 397 g/mol. The van der Waals surface area contributed by atoms with Gasteiger partial charge in [0.2, 0.25) is 0 Å². The Morgan fingerprint density at radius 3 is 2.75 bits per heavy atom. The van der Waals surface area contributed by atoms with Crippen molar-refractivity contribution >= 4 is 23.6 Å². The molecule has 2 heterocycles. The maximum atomic E-state index is 12.4. The van der Waals surface area contributed by atoms with E-state index in [0.717, 1.165) is 17.0 Å². The fourth-order valence-corrected chi connectivity index (χ4v) is 3.21. The van der Waals surface area contributed by atoms with Crippen LogP contribution in [0.25, 0.3) is 0 Å². The SMILES string of the molecule is Cc1cc(CSc2ncccc2C(=O)OCC(=O)NCc2ccccc2)no1. The molecule has 0 radical (unpaired) electrons. The Bertz CT molecular complexity index is 943. The summed E-state index contributed by atoms with van der Waals surface area (Å²) < 4.78 is 10.2. The largest absolute Gasteiger partial charge is 0.452 e. The maximum absolute atomic E-state index is 12.4. The van der Waals surface area contributed by atoms with Gasteiger partial charge in [-0.2, -0.15) is 0 Å². The molecule has 8 heteroatoms. The Morgan fingerprint density at radius 2 is 2.00 bits per heavy atom. The summed E-state index contributed by atoms with van der Waals surface area (Å²) in [6.07, 6.45) is 1.60. The lowest BCUT2D eigenvalue weighted by Crippen LogP contribution is -2.28. The van der Waals surface area contributed by atoms with E-state index in [-0.39, 0.29) is 12.5 Å². The molecule has 0 unspecified atom stereocenters. The van der Waals surface area contributed by atoms with E-state index in [2.05, 4.69) is 15.5 Å². The summed E-state index contributed by atoms with van der Waals surface area (Å²) >= 11 is 1.35. The number of esters is 1. The third-order valence-electron chi connectivity index (χ3n) is 3.69. The molecule has 0 aliphatic heterocycles. The van der Waals surface area contributed by atoms with Crippen LogP contribution < -0.4 is 5.32 Å². The second-order valence-corrected chi connectivity index (χ2v) is 6.88. The predicted molar refractivity (Wildman–Crippen MR) is 104 cm³/mol. The zero-order valence-corrected chi connectivity index (χ0v) is 16.1. The van der Waals surface area contributed by atoms with Crippen molar-refractivity contribution in [1.29, 1.82) is 0 Å². The fourth-order valence-electron chi connectivity index (χ4n) is 2.35. The molecule has 0 aliphatic rings. The van der Waals surface area contributed by atoms with Crippen LogP contribution in [0.3, 0.4) is 0 Å². The lowest BCUT2D eigenvalue weighted by atomic mass is 10.2. The van der Waals surface area contributed by atoms with Gasteiger partial charge in [-0.25, -0.2) is 9.78 Å². The number of aromatic nitrogens is 2. The number of thioether (sulfide) groups is 1. The van der Waals surface area contributed by atoms with Crippen LogP contribution in [-0.2, 0) is 21.8 Å². The first-order valence-corrected chi connectivity index (χ1v) is 9.58. The molecular formula is C20H19N3O4S. The van der Waals surface area contributed by atoms with Gasteiger partial charge in [-0.3, -0.25) is 4.79 Å². The van der Waals surface area contributed by atoms with Crippen LogP contribution >= 0.6 is 11.8 Å². The number of amides is 1. The van der Waals surface area contributed by atoms with Crippen molar-refractivity contribution < 1.29 is 18.8 Å². The Kier molecular flexibility index (Phi) is 6.80. The number of nitrogens with zero attached hydrogens (tertiary/aromatic N) is 2. The van der Waals surface area contributed by atoms with Crippen molar-refractivity contribution in [1.82, 2.24) is 15.5 Å². The highest BCUT2D eigenvalue weighted by atomic mass is 32.2. The summed E-state index contributed by atoms with van der Waals surface area (Å²) in [6, 6.07) is 14.6. The molecule has 0 atom stereocenters. The van der Waals surface area contributed by atoms with Gasteiger partial charge in [0.25, 0.3) is 5.91 Å². The van der Waals surface area contributed by atoms with Gasteiger partial charge in [-0.05, 0) is 24.6 Å². The summed E-state index contributed by atoms with van der Waals surface area (Å²) in [7, 11) is 0. The van der Waals surface area contributed by atoms with Crippen molar-refractivity contribution in [2.75, 3.05) is 6.61 Å². The third-order valence-corrected chi connectivity index (χ3v) is 4.73. The predicted octanol–water partition coefficient (Wildman–Crippen LogP) is 3.14. The first-order chi connectivity index (χ1) is 13.6. The lowest BCUT2D eigenvalue weighted by molar-refractivity contribution is -0.124. The molecule has 3 aromatic rings. The minimum absolute atomic E-state index is 0.309. The summed E-state index contributed by atoms with van der Waals surface area (Å²) in [4.78, 5) is 28.5. The first kappa shape index (κ1) is 19.6. The van der Waals surface area contributed by atoms with E-state index >= 15 is 0 Å². The fraction of sp³-hybridized carbons (Fsp3) is 0.200. The molecule has 0 spiro atoms. The van der Waals surface area contributed by atoms with E-state index in [1.165, 1.54) is 11.8 Å². The van der Waals surface area contributed by atoms with Crippen LogP contribution in [0.15, 0.2) is 64.3 Å². The van der Waals surface area contributed by atoms with E-state index in [4.69, 9.17) is 9.26 Å². The summed E-state index contributed by atoms with van der Waals surface area (Å²) in [5.74, 6) is 0.263. The van der Waals surface area contributed by atoms with Crippen molar-refractivity contribution in [2.24, 2.45) is 0 Å². The van der Waals surface area contributed by atoms with E-state index in [1.807, 2.05) is 43.3 Å². The Labute approximate surface area is 166 Å². The molecule has 0 aliphatic carbocycles. The minimum Gasteiger partial charge on any atom is -0.452 e. The van der Waals surface area contributed by atoms with E-state index in [9.17, 15) is 9.59 Å². The van der Waals surface area contributed by atoms with Gasteiger partial charge in [0.1, 0.15) is 10.8 Å². The van der Waals surface area contributed by atoms with Crippen molar-refractivity contribution in [3.05, 3.63) is 77.3 Å². The highest BCUT2D eigenvalue weighted by Gasteiger charge is 2.16. The summed E-state index contributed by atoms with van der Waals surface area (Å²) in [5.41, 5.74) is 2.03. The van der Waals surface area contributed by atoms with Crippen LogP contribution in [0.2, 0.25) is 0 Å². The summed E-state index contributed by atoms with van der Waals surface area (Å²) in [6.45, 7) is 1.84. The smallest absolute Gasteiger partial charge is 0.341 e. The average Bonchev–Trinajstić information content (AvgIpc) is 3.15. The molecule has 0 bridgehead atoms. The van der Waals surface area contributed by atoms with Crippen molar-refractivity contribution in [3.63, 3.8) is 0 Å². The molecular weight excluding hydrogens is 378 g/mol. The highest BCUT2D eigenvalue weighted by molar-refractivity contribution is 7.98. The third kappa shape index (κ3) is 5.68. The Morgan fingerprint density at radius 1 is 1.18 bits per heavy atom. The number of nitrogens with one attached hydrogen (secondary N) is 1. The molecule has 28 heavy (non-hydrogen) atoms. The molecule has 1 N–H and O–H groups in total. The number of rotatable bonds is 8. The second kappa shape index (κ2) is 9.70. The number of benzene rings is 1. The van der Waals surface area contributed by atoms with Gasteiger partial charge in [0.05, 0.1) is 11.3 Å². The molecule has 0 saturated heterocycles. The van der Waals surface area contributed by atoms with E-state index in [1.54, 1.807) is 18.3 Å². The monoisotopic (exact) mass is 397 g/mol. The van der Waals surface area contributed by atoms with E-state index in [0.29, 0.717) is 22.9 Å². The summed E-state index contributed by atoms with van der Waals surface area (Å²) in [5, 5.41) is 7.14.